The molecular formula is C14H20N10. The summed E-state index contributed by atoms with van der Waals surface area (Å²) in [5, 5.41) is 23.8. The Morgan fingerprint density at radius 1 is 0.958 bits per heavy atom. The molecule has 126 valence electrons. The molecule has 2 heterocycles. The normalized spacial score (nSPS) is 11.3. The topological polar surface area (TPSA) is 116 Å². The molecule has 0 atom stereocenters. The van der Waals surface area contributed by atoms with Crippen molar-refractivity contribution in [3.05, 3.63) is 24.3 Å². The zero-order valence-electron chi connectivity index (χ0n) is 13.7. The molecule has 0 spiro atoms. The van der Waals surface area contributed by atoms with Crippen LogP contribution in [0.15, 0.2) is 24.3 Å². The second kappa shape index (κ2) is 7.13. The third-order valence-corrected chi connectivity index (χ3v) is 3.86. The average Bonchev–Trinajstić information content (AvgIpc) is 3.25. The highest BCUT2D eigenvalue weighted by atomic mass is 15.6. The van der Waals surface area contributed by atoms with Crippen molar-refractivity contribution in [2.24, 2.45) is 0 Å². The van der Waals surface area contributed by atoms with E-state index < -0.39 is 0 Å². The van der Waals surface area contributed by atoms with Crippen LogP contribution in [-0.2, 0) is 6.54 Å². The van der Waals surface area contributed by atoms with Crippen molar-refractivity contribution in [2.75, 3.05) is 25.4 Å². The summed E-state index contributed by atoms with van der Waals surface area (Å²) < 4.78 is 3.32. The van der Waals surface area contributed by atoms with E-state index in [9.17, 15) is 0 Å². The number of rotatable bonds is 7. The van der Waals surface area contributed by atoms with E-state index in [2.05, 4.69) is 49.8 Å². The van der Waals surface area contributed by atoms with E-state index in [1.165, 1.54) is 0 Å². The van der Waals surface area contributed by atoms with Gasteiger partial charge < -0.3 is 10.6 Å². The van der Waals surface area contributed by atoms with Gasteiger partial charge in [0.2, 0.25) is 11.6 Å². The number of likely N-dealkylation sites (N-methyl/N-ethyl adjacent to an activating group) is 1. The number of nitrogen functional groups attached to an aromatic ring is 1. The maximum absolute atomic E-state index is 5.73. The molecule has 3 rings (SSSR count). The number of hydrogen-bond donors (Lipinski definition) is 1. The molecule has 0 unspecified atom stereocenters. The standard InChI is InChI=1S/C14H20N10/c1-3-22(4-2)9-10-23-13(16-18-20-23)14-17-19-21-24(14)12-7-5-11(15)6-8-12/h5-8H,3-4,9-10,15H2,1-2H3. The summed E-state index contributed by atoms with van der Waals surface area (Å²) in [7, 11) is 0. The SMILES string of the molecule is CCN(CC)CCn1nnnc1-c1nnnn1-c1ccc(N)cc1. The maximum Gasteiger partial charge on any atom is 0.226 e. The number of tetrazole rings is 2. The number of benzene rings is 1. The van der Waals surface area contributed by atoms with Crippen LogP contribution in [-0.4, -0.2) is 64.9 Å². The average molecular weight is 328 g/mol. The minimum Gasteiger partial charge on any atom is -0.399 e. The Labute approximate surface area is 139 Å². The summed E-state index contributed by atoms with van der Waals surface area (Å²) in [5.41, 5.74) is 7.20. The Kier molecular flexibility index (Phi) is 4.75. The third kappa shape index (κ3) is 3.23. The summed E-state index contributed by atoms with van der Waals surface area (Å²) in [4.78, 5) is 2.30. The van der Waals surface area contributed by atoms with E-state index in [0.29, 0.717) is 23.9 Å². The van der Waals surface area contributed by atoms with Crippen molar-refractivity contribution in [3.8, 4) is 17.3 Å². The lowest BCUT2D eigenvalue weighted by molar-refractivity contribution is 0.284. The molecule has 3 aromatic rings. The Bertz CT molecular complexity index is 771. The lowest BCUT2D eigenvalue weighted by atomic mass is 10.3. The van der Waals surface area contributed by atoms with Gasteiger partial charge in [0, 0.05) is 12.2 Å². The molecule has 0 radical (unpaired) electrons. The molecule has 0 saturated heterocycles. The van der Waals surface area contributed by atoms with Crippen LogP contribution in [0.5, 0.6) is 0 Å². The zero-order valence-corrected chi connectivity index (χ0v) is 13.7. The van der Waals surface area contributed by atoms with Crippen LogP contribution in [0.4, 0.5) is 5.69 Å². The first-order valence-corrected chi connectivity index (χ1v) is 7.86. The van der Waals surface area contributed by atoms with Crippen LogP contribution >= 0.6 is 0 Å². The quantitative estimate of drug-likeness (QED) is 0.613. The van der Waals surface area contributed by atoms with Crippen LogP contribution in [0.1, 0.15) is 13.8 Å². The van der Waals surface area contributed by atoms with Gasteiger partial charge in [0.25, 0.3) is 0 Å². The van der Waals surface area contributed by atoms with Crippen LogP contribution < -0.4 is 5.73 Å². The molecule has 10 heteroatoms. The van der Waals surface area contributed by atoms with Crippen LogP contribution in [0.25, 0.3) is 17.3 Å². The lowest BCUT2D eigenvalue weighted by Gasteiger charge is -2.17. The molecule has 10 nitrogen and oxygen atoms in total. The molecule has 0 fully saturated rings. The van der Waals surface area contributed by atoms with Gasteiger partial charge >= 0.3 is 0 Å². The molecule has 0 aliphatic heterocycles. The van der Waals surface area contributed by atoms with Gasteiger partial charge in [-0.05, 0) is 58.2 Å². The predicted molar refractivity (Wildman–Crippen MR) is 88.2 cm³/mol. The molecule has 24 heavy (non-hydrogen) atoms. The summed E-state index contributed by atoms with van der Waals surface area (Å²) >= 11 is 0. The monoisotopic (exact) mass is 328 g/mol. The molecule has 0 aliphatic rings. The maximum atomic E-state index is 5.73. The van der Waals surface area contributed by atoms with Crippen molar-refractivity contribution in [2.45, 2.75) is 20.4 Å². The van der Waals surface area contributed by atoms with Gasteiger partial charge in [0.1, 0.15) is 0 Å². The summed E-state index contributed by atoms with van der Waals surface area (Å²) in [6.07, 6.45) is 0. The van der Waals surface area contributed by atoms with Gasteiger partial charge in [-0.25, -0.2) is 4.68 Å². The third-order valence-electron chi connectivity index (χ3n) is 3.86. The van der Waals surface area contributed by atoms with E-state index >= 15 is 0 Å². The lowest BCUT2D eigenvalue weighted by Crippen LogP contribution is -2.27. The largest absolute Gasteiger partial charge is 0.399 e. The first-order valence-electron chi connectivity index (χ1n) is 7.86. The molecule has 2 N–H and O–H groups in total. The summed E-state index contributed by atoms with van der Waals surface area (Å²) in [6, 6.07) is 7.28. The van der Waals surface area contributed by atoms with E-state index in [0.717, 1.165) is 25.3 Å². The van der Waals surface area contributed by atoms with Gasteiger partial charge in [-0.3, -0.25) is 0 Å². The fourth-order valence-electron chi connectivity index (χ4n) is 2.41. The van der Waals surface area contributed by atoms with E-state index in [-0.39, 0.29) is 0 Å². The Morgan fingerprint density at radius 3 is 2.33 bits per heavy atom. The van der Waals surface area contributed by atoms with Gasteiger partial charge in [0.15, 0.2) is 0 Å². The highest BCUT2D eigenvalue weighted by Crippen LogP contribution is 2.17. The van der Waals surface area contributed by atoms with Crippen molar-refractivity contribution in [1.82, 2.24) is 45.3 Å². The minimum absolute atomic E-state index is 0.490. The Balaban J connectivity index is 1.87. The summed E-state index contributed by atoms with van der Waals surface area (Å²) in [6.45, 7) is 7.75. The number of hydrogen-bond acceptors (Lipinski definition) is 8. The fraction of sp³-hybridized carbons (Fsp3) is 0.429. The second-order valence-corrected chi connectivity index (χ2v) is 5.26. The van der Waals surface area contributed by atoms with Gasteiger partial charge in [-0.2, -0.15) is 4.68 Å². The van der Waals surface area contributed by atoms with Crippen molar-refractivity contribution >= 4 is 5.69 Å². The first-order chi connectivity index (χ1) is 11.7. The van der Waals surface area contributed by atoms with E-state index in [1.807, 2.05) is 12.1 Å². The zero-order chi connectivity index (χ0) is 16.9. The molecular weight excluding hydrogens is 308 g/mol. The predicted octanol–water partition coefficient (Wildman–Crippen LogP) is 0.240. The molecule has 2 aromatic heterocycles. The van der Waals surface area contributed by atoms with Crippen molar-refractivity contribution < 1.29 is 0 Å². The molecule has 0 bridgehead atoms. The second-order valence-electron chi connectivity index (χ2n) is 5.26. The summed E-state index contributed by atoms with van der Waals surface area (Å²) in [5.74, 6) is 1.02. The smallest absolute Gasteiger partial charge is 0.226 e. The molecule has 1 aromatic carbocycles. The van der Waals surface area contributed by atoms with Crippen molar-refractivity contribution in [1.29, 1.82) is 0 Å². The number of anilines is 1. The van der Waals surface area contributed by atoms with E-state index in [4.69, 9.17) is 5.73 Å². The first kappa shape index (κ1) is 16.0. The van der Waals surface area contributed by atoms with Gasteiger partial charge in [-0.15, -0.1) is 10.2 Å². The minimum atomic E-state index is 0.490. The fourth-order valence-corrected chi connectivity index (χ4v) is 2.41. The van der Waals surface area contributed by atoms with Gasteiger partial charge in [0.05, 0.1) is 12.2 Å². The van der Waals surface area contributed by atoms with Crippen LogP contribution in [0.3, 0.4) is 0 Å². The number of nitrogens with two attached hydrogens (primary N) is 1. The van der Waals surface area contributed by atoms with Crippen LogP contribution in [0.2, 0.25) is 0 Å². The highest BCUT2D eigenvalue weighted by Gasteiger charge is 2.18. The molecule has 0 aliphatic carbocycles. The van der Waals surface area contributed by atoms with Gasteiger partial charge in [-0.1, -0.05) is 13.8 Å². The highest BCUT2D eigenvalue weighted by molar-refractivity contribution is 5.50. The molecule has 0 saturated carbocycles. The number of nitrogens with zero attached hydrogens (tertiary/aromatic N) is 9. The van der Waals surface area contributed by atoms with E-state index in [1.54, 1.807) is 21.5 Å². The van der Waals surface area contributed by atoms with Crippen molar-refractivity contribution in [3.63, 3.8) is 0 Å². The van der Waals surface area contributed by atoms with Crippen LogP contribution in [0, 0.1) is 0 Å². The molecule has 0 amide bonds. The number of aromatic nitrogens is 8. The Morgan fingerprint density at radius 2 is 1.62 bits per heavy atom. The Hall–Kier alpha value is -2.88.